The lowest BCUT2D eigenvalue weighted by Crippen LogP contribution is -2.64. The number of methoxy groups -OCH3 is 1. The van der Waals surface area contributed by atoms with E-state index in [-0.39, 0.29) is 51.1 Å². The van der Waals surface area contributed by atoms with Crippen LogP contribution in [0.2, 0.25) is 0 Å². The third kappa shape index (κ3) is 22.8. The van der Waals surface area contributed by atoms with Gasteiger partial charge in [0.1, 0.15) is 47.4 Å². The second kappa shape index (κ2) is 27.9. The van der Waals surface area contributed by atoms with Crippen molar-refractivity contribution in [1.29, 1.82) is 0 Å². The van der Waals surface area contributed by atoms with E-state index < -0.39 is 107 Å². The number of carbonyl (C=O) groups is 8. The van der Waals surface area contributed by atoms with Gasteiger partial charge >= 0.3 is 12.1 Å². The van der Waals surface area contributed by atoms with Crippen LogP contribution >= 0.6 is 0 Å². The molecule has 0 saturated heterocycles. The molecule has 0 aliphatic carbocycles. The molecule has 0 aromatic carbocycles. The molecule has 0 aliphatic heterocycles. The Bertz CT molecular complexity index is 1560. The van der Waals surface area contributed by atoms with Gasteiger partial charge in [0.2, 0.25) is 35.4 Å². The molecule has 0 aromatic rings. The third-order valence-corrected chi connectivity index (χ3v) is 9.02. The van der Waals surface area contributed by atoms with Crippen molar-refractivity contribution in [2.75, 3.05) is 33.5 Å². The van der Waals surface area contributed by atoms with Crippen LogP contribution in [0.4, 0.5) is 4.79 Å². The second-order valence-corrected chi connectivity index (χ2v) is 18.4. The third-order valence-electron chi connectivity index (χ3n) is 9.02. The largest absolute Gasteiger partial charge is 0.467 e. The van der Waals surface area contributed by atoms with Crippen LogP contribution in [0.3, 0.4) is 0 Å². The first kappa shape index (κ1) is 58.0. The van der Waals surface area contributed by atoms with Gasteiger partial charge in [-0.3, -0.25) is 28.8 Å². The molecule has 0 aliphatic rings. The van der Waals surface area contributed by atoms with Crippen LogP contribution in [-0.2, 0) is 52.5 Å². The van der Waals surface area contributed by atoms with Gasteiger partial charge in [0.05, 0.1) is 33.5 Å². The van der Waals surface area contributed by atoms with Crippen LogP contribution < -0.4 is 37.2 Å². The van der Waals surface area contributed by atoms with Crippen LogP contribution in [0.1, 0.15) is 103 Å². The first-order valence-electron chi connectivity index (χ1n) is 21.4. The highest BCUT2D eigenvalue weighted by Gasteiger charge is 2.38. The molecule has 0 rings (SSSR count). The Balaban J connectivity index is 6.31. The predicted molar refractivity (Wildman–Crippen MR) is 238 cm³/mol. The van der Waals surface area contributed by atoms with Crippen molar-refractivity contribution in [3.8, 4) is 0 Å². The molecule has 0 bridgehead atoms. The minimum atomic E-state index is -1.66. The molecular weight excluding hydrogens is 819 g/mol. The van der Waals surface area contributed by atoms with E-state index in [9.17, 15) is 38.4 Å². The van der Waals surface area contributed by atoms with Crippen LogP contribution in [0.25, 0.3) is 0 Å². The molecule has 19 nitrogen and oxygen atoms in total. The van der Waals surface area contributed by atoms with Crippen molar-refractivity contribution in [2.24, 2.45) is 23.7 Å². The zero-order valence-electron chi connectivity index (χ0n) is 40.0. The highest BCUT2D eigenvalue weighted by Crippen LogP contribution is 2.13. The summed E-state index contributed by atoms with van der Waals surface area (Å²) in [6, 6.07) is -7.10. The summed E-state index contributed by atoms with van der Waals surface area (Å²) in [6.07, 6.45) is 2.49. The fraction of sp³-hybridized carbons (Fsp3) is 0.727. The normalized spacial score (nSPS) is 14.6. The Hall–Kier alpha value is -5.04. The average Bonchev–Trinajstić information content (AvgIpc) is 3.15. The van der Waals surface area contributed by atoms with E-state index in [0.29, 0.717) is 0 Å². The first-order chi connectivity index (χ1) is 29.1. The van der Waals surface area contributed by atoms with Gasteiger partial charge in [-0.05, 0) is 71.1 Å². The molecule has 6 atom stereocenters. The van der Waals surface area contributed by atoms with E-state index in [0.717, 1.165) is 0 Å². The van der Waals surface area contributed by atoms with Gasteiger partial charge in [-0.15, -0.1) is 13.2 Å². The number of carbonyl (C=O) groups excluding carboxylic acids is 8. The Morgan fingerprint density at radius 2 is 0.937 bits per heavy atom. The summed E-state index contributed by atoms with van der Waals surface area (Å²) >= 11 is 0. The van der Waals surface area contributed by atoms with Crippen molar-refractivity contribution in [3.63, 3.8) is 0 Å². The molecule has 0 spiro atoms. The molecule has 0 heterocycles. The summed E-state index contributed by atoms with van der Waals surface area (Å²) in [7, 11) is 1.20. The standard InChI is InChI=1S/C44H77N7O12/c1-17-19-61-23-31(48-39(56)34(28(9)10)50-42(59)63-43(11,12)13)35(52)45-29(21-25(3)4)37(54)51-44(14,15)41(58)49-33(27(7)8)38(55)47-32(24-62-20-18-2)36(53)46-30(22-26(5)6)40(57)60-16/h17-18,25-34H,1-2,19-24H2,3-16H3,(H,45,52)(H,46,53)(H,47,55)(H,48,56)(H,49,58)(H,50,59)(H,51,54)/t29-,30-,31-,32-,33-,34-/m0/s1. The van der Waals surface area contributed by atoms with E-state index in [1.807, 2.05) is 27.7 Å². The molecule has 0 unspecified atom stereocenters. The quantitative estimate of drug-likeness (QED) is 0.0339. The predicted octanol–water partition coefficient (Wildman–Crippen LogP) is 2.18. The molecule has 0 saturated carbocycles. The number of esters is 1. The van der Waals surface area contributed by atoms with E-state index in [1.54, 1.807) is 48.5 Å². The lowest BCUT2D eigenvalue weighted by Gasteiger charge is -2.32. The number of rotatable bonds is 28. The topological polar surface area (TPSA) is 258 Å². The second-order valence-electron chi connectivity index (χ2n) is 18.4. The summed E-state index contributed by atoms with van der Waals surface area (Å²) in [4.78, 5) is 107. The molecule has 0 radical (unpaired) electrons. The molecule has 63 heavy (non-hydrogen) atoms. The number of amides is 7. The van der Waals surface area contributed by atoms with E-state index in [4.69, 9.17) is 18.9 Å². The summed E-state index contributed by atoms with van der Waals surface area (Å²) in [5, 5.41) is 18.4. The smallest absolute Gasteiger partial charge is 0.408 e. The van der Waals surface area contributed by atoms with E-state index >= 15 is 0 Å². The first-order valence-corrected chi connectivity index (χ1v) is 21.4. The van der Waals surface area contributed by atoms with Gasteiger partial charge in [-0.1, -0.05) is 67.5 Å². The zero-order valence-corrected chi connectivity index (χ0v) is 40.0. The minimum absolute atomic E-state index is 0.0197. The summed E-state index contributed by atoms with van der Waals surface area (Å²) in [5.74, 6) is -6.11. The van der Waals surface area contributed by atoms with Gasteiger partial charge in [-0.2, -0.15) is 0 Å². The molecular formula is C44H77N7O12. The fourth-order valence-corrected chi connectivity index (χ4v) is 5.78. The fourth-order valence-electron chi connectivity index (χ4n) is 5.78. The highest BCUT2D eigenvalue weighted by atomic mass is 16.6. The number of nitrogens with one attached hydrogen (secondary N) is 7. The van der Waals surface area contributed by atoms with Crippen molar-refractivity contribution in [2.45, 2.75) is 150 Å². The molecule has 7 amide bonds. The highest BCUT2D eigenvalue weighted by molar-refractivity contribution is 5.98. The maximum Gasteiger partial charge on any atom is 0.408 e. The van der Waals surface area contributed by atoms with Crippen LogP contribution in [0, 0.1) is 23.7 Å². The Kier molecular flexibility index (Phi) is 25.7. The number of ether oxygens (including phenoxy) is 4. The van der Waals surface area contributed by atoms with Gasteiger partial charge in [0, 0.05) is 0 Å². The maximum absolute atomic E-state index is 13.9. The van der Waals surface area contributed by atoms with Crippen LogP contribution in [0.15, 0.2) is 25.3 Å². The van der Waals surface area contributed by atoms with Gasteiger partial charge in [-0.25, -0.2) is 9.59 Å². The number of alkyl carbamates (subject to hydrolysis) is 1. The summed E-state index contributed by atoms with van der Waals surface area (Å²) < 4.78 is 21.2. The lowest BCUT2D eigenvalue weighted by atomic mass is 9.97. The van der Waals surface area contributed by atoms with Crippen molar-refractivity contribution in [3.05, 3.63) is 25.3 Å². The van der Waals surface area contributed by atoms with Gasteiger partial charge in [0.25, 0.3) is 0 Å². The van der Waals surface area contributed by atoms with Crippen LogP contribution in [-0.4, -0.2) is 128 Å². The summed E-state index contributed by atoms with van der Waals surface area (Å²) in [6.45, 7) is 28.7. The zero-order chi connectivity index (χ0) is 48.8. The molecule has 7 N–H and O–H groups in total. The van der Waals surface area contributed by atoms with Crippen LogP contribution in [0.5, 0.6) is 0 Å². The Morgan fingerprint density at radius 1 is 0.540 bits per heavy atom. The molecule has 19 heteroatoms. The SMILES string of the molecule is C=CCOC[C@H](NC(=O)[C@@H](NC(=O)OC(C)(C)C)C(C)C)C(=O)N[C@@H](CC(C)C)C(=O)NC(C)(C)C(=O)N[C@H](C(=O)N[C@@H](COCC=C)C(=O)N[C@@H](CC(C)C)C(=O)OC)C(C)C. The maximum atomic E-state index is 13.9. The number of hydrogen-bond acceptors (Lipinski definition) is 12. The molecule has 0 aromatic heterocycles. The lowest BCUT2D eigenvalue weighted by molar-refractivity contribution is -0.146. The number of hydrogen-bond donors (Lipinski definition) is 7. The van der Waals surface area contributed by atoms with E-state index in [2.05, 4.69) is 50.4 Å². The van der Waals surface area contributed by atoms with Gasteiger partial charge < -0.3 is 56.2 Å². The van der Waals surface area contributed by atoms with Crippen molar-refractivity contribution >= 4 is 47.5 Å². The Morgan fingerprint density at radius 3 is 1.32 bits per heavy atom. The summed E-state index contributed by atoms with van der Waals surface area (Å²) in [5.41, 5.74) is -2.48. The van der Waals surface area contributed by atoms with Crippen molar-refractivity contribution < 1.29 is 57.3 Å². The van der Waals surface area contributed by atoms with E-state index in [1.165, 1.54) is 33.1 Å². The molecule has 0 fully saturated rings. The Labute approximate surface area is 374 Å². The van der Waals surface area contributed by atoms with Crippen molar-refractivity contribution in [1.82, 2.24) is 37.2 Å². The van der Waals surface area contributed by atoms with Gasteiger partial charge in [0.15, 0.2) is 0 Å². The average molecular weight is 896 g/mol. The molecule has 360 valence electrons. The monoisotopic (exact) mass is 896 g/mol. The minimum Gasteiger partial charge on any atom is -0.467 e.